The lowest BCUT2D eigenvalue weighted by molar-refractivity contribution is -0.384. The van der Waals surface area contributed by atoms with Crippen molar-refractivity contribution in [2.75, 3.05) is 5.32 Å². The number of halogens is 1. The smallest absolute Gasteiger partial charge is 0.269 e. The number of hydrogen-bond acceptors (Lipinski definition) is 5. The maximum atomic E-state index is 12.4. The van der Waals surface area contributed by atoms with Gasteiger partial charge in [-0.05, 0) is 76.2 Å². The van der Waals surface area contributed by atoms with Crippen molar-refractivity contribution in [1.82, 2.24) is 0 Å². The average Bonchev–Trinajstić information content (AvgIpc) is 2.77. The highest BCUT2D eigenvalue weighted by molar-refractivity contribution is 14.1. The lowest BCUT2D eigenvalue weighted by Crippen LogP contribution is -2.13. The Kier molecular flexibility index (Phi) is 7.35. The van der Waals surface area contributed by atoms with E-state index in [1.54, 1.807) is 54.6 Å². The first-order valence-electron chi connectivity index (χ1n) is 9.10. The van der Waals surface area contributed by atoms with Gasteiger partial charge >= 0.3 is 0 Å². The first kappa shape index (κ1) is 22.0. The summed E-state index contributed by atoms with van der Waals surface area (Å²) in [6.45, 7) is 0.256. The maximum absolute atomic E-state index is 12.4. The fourth-order valence-electron chi connectivity index (χ4n) is 2.63. The van der Waals surface area contributed by atoms with Crippen LogP contribution in [-0.2, 0) is 11.4 Å². The standard InChI is InChI=1S/C23H16IN3O4/c24-21-13-17(12-18(14-25)23(28)26-19-4-2-1-3-5-19)8-11-22(21)31-15-16-6-9-20(10-7-16)27(29)30/h1-13H,15H2,(H,26,28)/b18-12-. The maximum Gasteiger partial charge on any atom is 0.269 e. The largest absolute Gasteiger partial charge is 0.488 e. The van der Waals surface area contributed by atoms with Gasteiger partial charge in [0.05, 0.1) is 8.49 Å². The van der Waals surface area contributed by atoms with E-state index in [0.717, 1.165) is 9.13 Å². The van der Waals surface area contributed by atoms with Crippen LogP contribution in [0, 0.1) is 25.0 Å². The predicted molar refractivity (Wildman–Crippen MR) is 125 cm³/mol. The molecule has 3 aromatic rings. The van der Waals surface area contributed by atoms with Gasteiger partial charge in [0.25, 0.3) is 11.6 Å². The minimum atomic E-state index is -0.484. The molecule has 31 heavy (non-hydrogen) atoms. The highest BCUT2D eigenvalue weighted by Crippen LogP contribution is 2.25. The summed E-state index contributed by atoms with van der Waals surface area (Å²) in [5.41, 5.74) is 2.11. The van der Waals surface area contributed by atoms with E-state index in [0.29, 0.717) is 17.0 Å². The number of amides is 1. The Morgan fingerprint density at radius 1 is 1.13 bits per heavy atom. The molecule has 0 aromatic heterocycles. The summed E-state index contributed by atoms with van der Waals surface area (Å²) in [6, 6.07) is 22.3. The summed E-state index contributed by atoms with van der Waals surface area (Å²) in [4.78, 5) is 22.6. The summed E-state index contributed by atoms with van der Waals surface area (Å²) in [6.07, 6.45) is 1.51. The van der Waals surface area contributed by atoms with Crippen LogP contribution in [0.15, 0.2) is 78.4 Å². The highest BCUT2D eigenvalue weighted by Gasteiger charge is 2.11. The van der Waals surface area contributed by atoms with Crippen molar-refractivity contribution in [1.29, 1.82) is 5.26 Å². The Labute approximate surface area is 192 Å². The van der Waals surface area contributed by atoms with E-state index >= 15 is 0 Å². The number of rotatable bonds is 7. The number of nitro groups is 1. The zero-order chi connectivity index (χ0) is 22.2. The van der Waals surface area contributed by atoms with Gasteiger partial charge in [0.15, 0.2) is 0 Å². The molecule has 1 N–H and O–H groups in total. The molecule has 3 aromatic carbocycles. The molecule has 0 saturated heterocycles. The fourth-order valence-corrected chi connectivity index (χ4v) is 3.33. The predicted octanol–water partition coefficient (Wildman–Crippen LogP) is 5.32. The van der Waals surface area contributed by atoms with Crippen molar-refractivity contribution in [2.45, 2.75) is 6.61 Å². The number of non-ortho nitro benzene ring substituents is 1. The average molecular weight is 525 g/mol. The zero-order valence-electron chi connectivity index (χ0n) is 16.1. The summed E-state index contributed by atoms with van der Waals surface area (Å²) in [7, 11) is 0. The highest BCUT2D eigenvalue weighted by atomic mass is 127. The third-order valence-electron chi connectivity index (χ3n) is 4.21. The monoisotopic (exact) mass is 525 g/mol. The van der Waals surface area contributed by atoms with Gasteiger partial charge in [0, 0.05) is 17.8 Å². The van der Waals surface area contributed by atoms with Crippen molar-refractivity contribution in [3.05, 3.63) is 103 Å². The Bertz CT molecular complexity index is 1170. The minimum absolute atomic E-state index is 0.0146. The second kappa shape index (κ2) is 10.4. The second-order valence-corrected chi connectivity index (χ2v) is 7.55. The normalized spacial score (nSPS) is 10.8. The van der Waals surface area contributed by atoms with Crippen molar-refractivity contribution >= 4 is 45.9 Å². The number of nitriles is 1. The third kappa shape index (κ3) is 6.13. The zero-order valence-corrected chi connectivity index (χ0v) is 18.3. The molecule has 0 radical (unpaired) electrons. The first-order chi connectivity index (χ1) is 15.0. The molecule has 7 nitrogen and oxygen atoms in total. The Morgan fingerprint density at radius 2 is 1.84 bits per heavy atom. The number of para-hydroxylation sites is 1. The number of ether oxygens (including phenoxy) is 1. The summed E-state index contributed by atoms with van der Waals surface area (Å²) < 4.78 is 6.59. The number of hydrogen-bond donors (Lipinski definition) is 1. The van der Waals surface area contributed by atoms with Crippen LogP contribution < -0.4 is 10.1 Å². The minimum Gasteiger partial charge on any atom is -0.488 e. The summed E-state index contributed by atoms with van der Waals surface area (Å²) in [5, 5.41) is 22.8. The van der Waals surface area contributed by atoms with Crippen LogP contribution in [0.5, 0.6) is 5.75 Å². The molecule has 0 saturated carbocycles. The van der Waals surface area contributed by atoms with E-state index in [2.05, 4.69) is 27.9 Å². The number of nitrogens with one attached hydrogen (secondary N) is 1. The van der Waals surface area contributed by atoms with Crippen LogP contribution in [0.25, 0.3) is 6.08 Å². The van der Waals surface area contributed by atoms with Crippen LogP contribution in [0.3, 0.4) is 0 Å². The molecule has 0 heterocycles. The molecular formula is C23H16IN3O4. The molecule has 0 aliphatic heterocycles. The topological polar surface area (TPSA) is 105 Å². The molecule has 3 rings (SSSR count). The second-order valence-electron chi connectivity index (χ2n) is 6.39. The number of carbonyl (C=O) groups excluding carboxylic acids is 1. The van der Waals surface area contributed by atoms with Gasteiger partial charge in [-0.15, -0.1) is 0 Å². The quantitative estimate of drug-likeness (QED) is 0.148. The van der Waals surface area contributed by atoms with Gasteiger partial charge in [-0.25, -0.2) is 0 Å². The number of nitro benzene ring substituents is 1. The number of benzene rings is 3. The van der Waals surface area contributed by atoms with Crippen LogP contribution >= 0.6 is 22.6 Å². The van der Waals surface area contributed by atoms with Crippen molar-refractivity contribution in [3.63, 3.8) is 0 Å². The van der Waals surface area contributed by atoms with Crippen LogP contribution in [0.2, 0.25) is 0 Å². The molecule has 0 bridgehead atoms. The van der Waals surface area contributed by atoms with Gasteiger partial charge in [-0.1, -0.05) is 24.3 Å². The molecule has 0 unspecified atom stereocenters. The summed E-state index contributed by atoms with van der Waals surface area (Å²) in [5.74, 6) is 0.144. The lowest BCUT2D eigenvalue weighted by atomic mass is 10.1. The van der Waals surface area contributed by atoms with Gasteiger partial charge in [-0.3, -0.25) is 14.9 Å². The van der Waals surface area contributed by atoms with Gasteiger partial charge < -0.3 is 10.1 Å². The first-order valence-corrected chi connectivity index (χ1v) is 10.2. The number of anilines is 1. The molecule has 0 aliphatic rings. The van der Waals surface area contributed by atoms with E-state index in [4.69, 9.17) is 4.74 Å². The molecule has 0 atom stereocenters. The molecule has 0 fully saturated rings. The molecule has 0 aliphatic carbocycles. The molecule has 154 valence electrons. The van der Waals surface area contributed by atoms with E-state index in [9.17, 15) is 20.2 Å². The van der Waals surface area contributed by atoms with E-state index in [-0.39, 0.29) is 17.9 Å². The van der Waals surface area contributed by atoms with Gasteiger partial charge in [0.2, 0.25) is 0 Å². The van der Waals surface area contributed by atoms with E-state index in [1.165, 1.54) is 18.2 Å². The fraction of sp³-hybridized carbons (Fsp3) is 0.0435. The Hall–Kier alpha value is -3.71. The van der Waals surface area contributed by atoms with Gasteiger partial charge in [0.1, 0.15) is 24.0 Å². The van der Waals surface area contributed by atoms with Crippen molar-refractivity contribution in [2.24, 2.45) is 0 Å². The van der Waals surface area contributed by atoms with Gasteiger partial charge in [-0.2, -0.15) is 5.26 Å². The third-order valence-corrected chi connectivity index (χ3v) is 5.05. The molecule has 8 heteroatoms. The van der Waals surface area contributed by atoms with Crippen molar-refractivity contribution in [3.8, 4) is 11.8 Å². The van der Waals surface area contributed by atoms with Crippen LogP contribution in [0.4, 0.5) is 11.4 Å². The summed E-state index contributed by atoms with van der Waals surface area (Å²) >= 11 is 2.11. The van der Waals surface area contributed by atoms with Crippen molar-refractivity contribution < 1.29 is 14.5 Å². The number of carbonyl (C=O) groups is 1. The SMILES string of the molecule is N#C/C(=C/c1ccc(OCc2ccc([N+](=O)[O-])cc2)c(I)c1)C(=O)Nc1ccccc1. The lowest BCUT2D eigenvalue weighted by Gasteiger charge is -2.09. The Balaban J connectivity index is 1.68. The van der Waals surface area contributed by atoms with E-state index < -0.39 is 10.8 Å². The Morgan fingerprint density at radius 3 is 2.45 bits per heavy atom. The number of nitrogens with zero attached hydrogens (tertiary/aromatic N) is 2. The van der Waals surface area contributed by atoms with Crippen LogP contribution in [0.1, 0.15) is 11.1 Å². The van der Waals surface area contributed by atoms with E-state index in [1.807, 2.05) is 12.1 Å². The molecule has 1 amide bonds. The molecule has 0 spiro atoms. The molecular weight excluding hydrogens is 509 g/mol. The van der Waals surface area contributed by atoms with Crippen LogP contribution in [-0.4, -0.2) is 10.8 Å².